The first-order valence-electron chi connectivity index (χ1n) is 5.04. The van der Waals surface area contributed by atoms with Gasteiger partial charge in [-0.15, -0.1) is 0 Å². The first kappa shape index (κ1) is 12.2. The second-order valence-electron chi connectivity index (χ2n) is 3.64. The minimum absolute atomic E-state index is 0.310. The van der Waals surface area contributed by atoms with Crippen LogP contribution in [-0.2, 0) is 9.84 Å². The molecule has 3 nitrogen and oxygen atoms in total. The quantitative estimate of drug-likeness (QED) is 0.849. The van der Waals surface area contributed by atoms with Gasteiger partial charge in [0.2, 0.25) is 0 Å². The Balaban J connectivity index is 3.04. The normalized spacial score (nSPS) is 15.9. The van der Waals surface area contributed by atoms with E-state index in [9.17, 15) is 8.42 Å². The van der Waals surface area contributed by atoms with Gasteiger partial charge in [-0.1, -0.05) is 25.1 Å². The molecule has 0 amide bonds. The van der Waals surface area contributed by atoms with E-state index in [4.69, 9.17) is 5.73 Å². The lowest BCUT2D eigenvalue weighted by Gasteiger charge is -2.18. The van der Waals surface area contributed by atoms with Crippen LogP contribution in [-0.4, -0.2) is 19.7 Å². The lowest BCUT2D eigenvalue weighted by atomic mass is 10.2. The fourth-order valence-corrected chi connectivity index (χ4v) is 3.01. The van der Waals surface area contributed by atoms with E-state index in [0.717, 1.165) is 0 Å². The maximum absolute atomic E-state index is 12.1. The molecule has 0 bridgehead atoms. The van der Waals surface area contributed by atoms with Crippen molar-refractivity contribution in [2.75, 3.05) is 0 Å². The van der Waals surface area contributed by atoms with Crippen LogP contribution in [0.15, 0.2) is 35.2 Å². The Bertz CT molecular complexity index is 400. The first-order chi connectivity index (χ1) is 7.00. The van der Waals surface area contributed by atoms with Gasteiger partial charge < -0.3 is 5.73 Å². The van der Waals surface area contributed by atoms with E-state index in [0.29, 0.717) is 11.3 Å². The van der Waals surface area contributed by atoms with Crippen LogP contribution in [0, 0.1) is 0 Å². The molecular weight excluding hydrogens is 210 g/mol. The summed E-state index contributed by atoms with van der Waals surface area (Å²) < 4.78 is 24.1. The zero-order valence-corrected chi connectivity index (χ0v) is 9.87. The smallest absolute Gasteiger partial charge is 0.182 e. The molecule has 0 aliphatic heterocycles. The van der Waals surface area contributed by atoms with Gasteiger partial charge in [-0.25, -0.2) is 8.42 Å². The molecular formula is C11H17NO2S. The highest BCUT2D eigenvalue weighted by atomic mass is 32.2. The molecule has 1 aromatic carbocycles. The molecule has 0 aliphatic rings. The highest BCUT2D eigenvalue weighted by Gasteiger charge is 2.27. The molecule has 84 valence electrons. The minimum atomic E-state index is -3.28. The molecule has 0 heterocycles. The van der Waals surface area contributed by atoms with E-state index >= 15 is 0 Å². The predicted molar refractivity (Wildman–Crippen MR) is 61.4 cm³/mol. The third-order valence-corrected chi connectivity index (χ3v) is 4.89. The van der Waals surface area contributed by atoms with Crippen molar-refractivity contribution in [1.82, 2.24) is 0 Å². The van der Waals surface area contributed by atoms with E-state index in [1.54, 1.807) is 37.3 Å². The lowest BCUT2D eigenvalue weighted by molar-refractivity contribution is 0.552. The zero-order chi connectivity index (χ0) is 11.5. The summed E-state index contributed by atoms with van der Waals surface area (Å²) >= 11 is 0. The molecule has 0 radical (unpaired) electrons. The van der Waals surface area contributed by atoms with Crippen LogP contribution in [0.25, 0.3) is 0 Å². The van der Waals surface area contributed by atoms with Crippen molar-refractivity contribution in [3.8, 4) is 0 Å². The molecule has 15 heavy (non-hydrogen) atoms. The summed E-state index contributed by atoms with van der Waals surface area (Å²) in [6.07, 6.45) is 0.660. The van der Waals surface area contributed by atoms with Gasteiger partial charge in [-0.05, 0) is 25.5 Å². The second kappa shape index (κ2) is 4.77. The highest BCUT2D eigenvalue weighted by Crippen LogP contribution is 2.18. The van der Waals surface area contributed by atoms with Crippen LogP contribution < -0.4 is 5.73 Å². The maximum Gasteiger partial charge on any atom is 0.182 e. The average Bonchev–Trinajstić information content (AvgIpc) is 2.28. The lowest BCUT2D eigenvalue weighted by Crippen LogP contribution is -2.37. The Hall–Kier alpha value is -0.870. The van der Waals surface area contributed by atoms with E-state index in [1.165, 1.54) is 0 Å². The van der Waals surface area contributed by atoms with Gasteiger partial charge in [0.1, 0.15) is 0 Å². The number of rotatable bonds is 4. The Morgan fingerprint density at radius 1 is 1.27 bits per heavy atom. The molecule has 0 saturated heterocycles. The fourth-order valence-electron chi connectivity index (χ4n) is 1.39. The van der Waals surface area contributed by atoms with E-state index in [2.05, 4.69) is 0 Å². The van der Waals surface area contributed by atoms with E-state index in [-0.39, 0.29) is 6.04 Å². The Morgan fingerprint density at radius 3 is 2.27 bits per heavy atom. The summed E-state index contributed by atoms with van der Waals surface area (Å²) in [6.45, 7) is 3.55. The summed E-state index contributed by atoms with van der Waals surface area (Å²) in [7, 11) is -3.28. The largest absolute Gasteiger partial charge is 0.327 e. The molecule has 2 atom stereocenters. The number of benzene rings is 1. The molecule has 0 spiro atoms. The molecule has 4 heteroatoms. The Labute approximate surface area is 91.2 Å². The zero-order valence-electron chi connectivity index (χ0n) is 9.05. The van der Waals surface area contributed by atoms with Gasteiger partial charge in [0.25, 0.3) is 0 Å². The molecule has 2 unspecified atom stereocenters. The van der Waals surface area contributed by atoms with Crippen LogP contribution in [0.5, 0.6) is 0 Å². The number of hydrogen-bond donors (Lipinski definition) is 1. The molecule has 2 N–H and O–H groups in total. The van der Waals surface area contributed by atoms with Crippen molar-refractivity contribution in [2.24, 2.45) is 5.73 Å². The van der Waals surface area contributed by atoms with Crippen LogP contribution in [0.2, 0.25) is 0 Å². The predicted octanol–water partition coefficient (Wildman–Crippen LogP) is 1.59. The van der Waals surface area contributed by atoms with Crippen LogP contribution >= 0.6 is 0 Å². The topological polar surface area (TPSA) is 60.2 Å². The SMILES string of the molecule is CCC(N)C(C)S(=O)(=O)c1ccccc1. The third-order valence-electron chi connectivity index (χ3n) is 2.64. The van der Waals surface area contributed by atoms with Crippen molar-refractivity contribution in [3.05, 3.63) is 30.3 Å². The van der Waals surface area contributed by atoms with Crippen LogP contribution in [0.4, 0.5) is 0 Å². The molecule has 0 saturated carbocycles. The van der Waals surface area contributed by atoms with Gasteiger partial charge in [-0.2, -0.15) is 0 Å². The molecule has 1 rings (SSSR count). The molecule has 0 aliphatic carbocycles. The Morgan fingerprint density at radius 2 is 1.80 bits per heavy atom. The van der Waals surface area contributed by atoms with Gasteiger partial charge in [0.15, 0.2) is 9.84 Å². The minimum Gasteiger partial charge on any atom is -0.327 e. The molecule has 0 fully saturated rings. The maximum atomic E-state index is 12.1. The van der Waals surface area contributed by atoms with Crippen molar-refractivity contribution in [1.29, 1.82) is 0 Å². The summed E-state index contributed by atoms with van der Waals surface area (Å²) in [4.78, 5) is 0.349. The van der Waals surface area contributed by atoms with Crippen molar-refractivity contribution in [3.63, 3.8) is 0 Å². The van der Waals surface area contributed by atoms with Gasteiger partial charge in [-0.3, -0.25) is 0 Å². The Kier molecular flexibility index (Phi) is 3.88. The summed E-state index contributed by atoms with van der Waals surface area (Å²) in [5.74, 6) is 0. The number of nitrogens with two attached hydrogens (primary N) is 1. The number of sulfone groups is 1. The summed E-state index contributed by atoms with van der Waals surface area (Å²) in [5.41, 5.74) is 5.76. The number of hydrogen-bond acceptors (Lipinski definition) is 3. The van der Waals surface area contributed by atoms with Gasteiger partial charge in [0.05, 0.1) is 10.1 Å². The third kappa shape index (κ3) is 2.58. The van der Waals surface area contributed by atoms with Crippen molar-refractivity contribution >= 4 is 9.84 Å². The highest BCUT2D eigenvalue weighted by molar-refractivity contribution is 7.92. The second-order valence-corrected chi connectivity index (χ2v) is 5.94. The summed E-state index contributed by atoms with van der Waals surface area (Å²) in [5, 5.41) is -0.537. The van der Waals surface area contributed by atoms with E-state index < -0.39 is 15.1 Å². The first-order valence-corrected chi connectivity index (χ1v) is 6.59. The van der Waals surface area contributed by atoms with E-state index in [1.807, 2.05) is 6.92 Å². The fraction of sp³-hybridized carbons (Fsp3) is 0.455. The molecule has 1 aromatic rings. The average molecular weight is 227 g/mol. The van der Waals surface area contributed by atoms with Gasteiger partial charge in [0, 0.05) is 6.04 Å². The van der Waals surface area contributed by atoms with Crippen LogP contribution in [0.1, 0.15) is 20.3 Å². The molecule has 0 aromatic heterocycles. The van der Waals surface area contributed by atoms with Crippen molar-refractivity contribution < 1.29 is 8.42 Å². The summed E-state index contributed by atoms with van der Waals surface area (Å²) in [6, 6.07) is 8.13. The van der Waals surface area contributed by atoms with Gasteiger partial charge >= 0.3 is 0 Å². The monoisotopic (exact) mass is 227 g/mol. The standard InChI is InChI=1S/C11H17NO2S/c1-3-11(12)9(2)15(13,14)10-7-5-4-6-8-10/h4-9,11H,3,12H2,1-2H3. The van der Waals surface area contributed by atoms with Crippen LogP contribution in [0.3, 0.4) is 0 Å². The van der Waals surface area contributed by atoms with Crippen molar-refractivity contribution in [2.45, 2.75) is 36.5 Å².